The first-order valence-electron chi connectivity index (χ1n) is 11.6. The SMILES string of the molecule is Cc1cc(-c2c(C)nn(-c3nc(-c4ccc(Cl)c(Cl)c4)c(SC(C)C)s3)c2C)cc(N2CCC2)n1. The Morgan fingerprint density at radius 3 is 2.40 bits per heavy atom. The van der Waals surface area contributed by atoms with Crippen LogP contribution in [0.4, 0.5) is 5.82 Å². The highest BCUT2D eigenvalue weighted by Gasteiger charge is 2.23. The van der Waals surface area contributed by atoms with Crippen LogP contribution in [0.3, 0.4) is 0 Å². The van der Waals surface area contributed by atoms with Gasteiger partial charge in [-0.3, -0.25) is 0 Å². The molecule has 0 spiro atoms. The van der Waals surface area contributed by atoms with E-state index in [2.05, 4.69) is 51.7 Å². The minimum atomic E-state index is 0.417. The molecule has 4 heterocycles. The Morgan fingerprint density at radius 2 is 1.74 bits per heavy atom. The van der Waals surface area contributed by atoms with Crippen LogP contribution in [0, 0.1) is 20.8 Å². The fourth-order valence-electron chi connectivity index (χ4n) is 4.26. The first kappa shape index (κ1) is 24.6. The van der Waals surface area contributed by atoms with Crippen molar-refractivity contribution in [2.45, 2.75) is 50.5 Å². The molecule has 0 N–H and O–H groups in total. The van der Waals surface area contributed by atoms with Crippen molar-refractivity contribution in [3.05, 3.63) is 57.5 Å². The van der Waals surface area contributed by atoms with E-state index >= 15 is 0 Å². The number of hydrogen-bond acceptors (Lipinski definition) is 6. The van der Waals surface area contributed by atoms with Gasteiger partial charge in [-0.25, -0.2) is 14.6 Å². The molecular formula is C26H27Cl2N5S2. The second kappa shape index (κ2) is 9.77. The Hall–Kier alpha value is -2.06. The molecular weight excluding hydrogens is 517 g/mol. The summed E-state index contributed by atoms with van der Waals surface area (Å²) in [5.41, 5.74) is 7.22. The number of halogens is 2. The lowest BCUT2D eigenvalue weighted by Gasteiger charge is -2.32. The average Bonchev–Trinajstić information content (AvgIpc) is 3.28. The molecule has 1 aliphatic rings. The number of rotatable bonds is 6. The van der Waals surface area contributed by atoms with Crippen LogP contribution in [0.15, 0.2) is 34.5 Å². The molecule has 5 rings (SSSR count). The monoisotopic (exact) mass is 543 g/mol. The minimum absolute atomic E-state index is 0.417. The highest BCUT2D eigenvalue weighted by molar-refractivity contribution is 8.01. The van der Waals surface area contributed by atoms with Crippen molar-refractivity contribution in [2.75, 3.05) is 18.0 Å². The molecule has 1 saturated heterocycles. The summed E-state index contributed by atoms with van der Waals surface area (Å²) in [7, 11) is 0. The van der Waals surface area contributed by atoms with Gasteiger partial charge < -0.3 is 4.90 Å². The molecule has 1 fully saturated rings. The van der Waals surface area contributed by atoms with Crippen LogP contribution in [-0.2, 0) is 0 Å². The van der Waals surface area contributed by atoms with Gasteiger partial charge >= 0.3 is 0 Å². The van der Waals surface area contributed by atoms with Gasteiger partial charge in [0, 0.05) is 35.2 Å². The number of aryl methyl sites for hydroxylation is 2. The number of thiazole rings is 1. The molecule has 5 nitrogen and oxygen atoms in total. The Labute approximate surface area is 224 Å². The Balaban J connectivity index is 1.60. The topological polar surface area (TPSA) is 46.8 Å². The largest absolute Gasteiger partial charge is 0.356 e. The quantitative estimate of drug-likeness (QED) is 0.230. The number of aromatic nitrogens is 4. The van der Waals surface area contributed by atoms with Crippen molar-refractivity contribution in [2.24, 2.45) is 0 Å². The van der Waals surface area contributed by atoms with E-state index in [0.717, 1.165) is 67.7 Å². The van der Waals surface area contributed by atoms with E-state index < -0.39 is 0 Å². The summed E-state index contributed by atoms with van der Waals surface area (Å²) in [5, 5.41) is 7.25. The zero-order valence-corrected chi connectivity index (χ0v) is 23.5. The minimum Gasteiger partial charge on any atom is -0.356 e. The zero-order valence-electron chi connectivity index (χ0n) is 20.4. The third-order valence-corrected chi connectivity index (χ3v) is 8.98. The summed E-state index contributed by atoms with van der Waals surface area (Å²) in [6, 6.07) is 10.0. The van der Waals surface area contributed by atoms with Crippen molar-refractivity contribution in [3.63, 3.8) is 0 Å². The van der Waals surface area contributed by atoms with Crippen LogP contribution in [0.5, 0.6) is 0 Å². The molecule has 4 aromatic rings. The summed E-state index contributed by atoms with van der Waals surface area (Å²) in [6.45, 7) is 12.7. The average molecular weight is 545 g/mol. The van der Waals surface area contributed by atoms with E-state index in [0.29, 0.717) is 15.3 Å². The van der Waals surface area contributed by atoms with Crippen molar-refractivity contribution in [1.29, 1.82) is 0 Å². The zero-order chi connectivity index (χ0) is 24.9. The number of benzene rings is 1. The standard InChI is InChI=1S/C26H27Cl2N5S2/c1-14(2)34-25-24(18-7-8-20(27)21(28)12-18)30-26(35-25)33-17(5)23(16(4)31-33)19-11-15(3)29-22(13-19)32-9-6-10-32/h7-8,11-14H,6,9-10H2,1-5H3. The third kappa shape index (κ3) is 4.84. The summed E-state index contributed by atoms with van der Waals surface area (Å²) >= 11 is 16.0. The maximum atomic E-state index is 6.34. The third-order valence-electron chi connectivity index (χ3n) is 6.00. The Morgan fingerprint density at radius 1 is 0.971 bits per heavy atom. The second-order valence-electron chi connectivity index (χ2n) is 9.08. The van der Waals surface area contributed by atoms with Crippen molar-refractivity contribution in [1.82, 2.24) is 19.7 Å². The number of anilines is 1. The van der Waals surface area contributed by atoms with Gasteiger partial charge in [-0.05, 0) is 57.0 Å². The van der Waals surface area contributed by atoms with Crippen LogP contribution in [0.2, 0.25) is 10.0 Å². The predicted molar refractivity (Wildman–Crippen MR) is 150 cm³/mol. The lowest BCUT2D eigenvalue weighted by atomic mass is 10.0. The molecule has 3 aromatic heterocycles. The van der Waals surface area contributed by atoms with Gasteiger partial charge in [-0.2, -0.15) is 5.10 Å². The molecule has 0 radical (unpaired) electrons. The molecule has 9 heteroatoms. The van der Waals surface area contributed by atoms with E-state index in [1.165, 1.54) is 6.42 Å². The highest BCUT2D eigenvalue weighted by Crippen LogP contribution is 2.42. The fraction of sp³-hybridized carbons (Fsp3) is 0.346. The van der Waals surface area contributed by atoms with Crippen LogP contribution < -0.4 is 4.90 Å². The molecule has 0 bridgehead atoms. The van der Waals surface area contributed by atoms with Gasteiger partial charge in [0.05, 0.1) is 31.3 Å². The first-order valence-corrected chi connectivity index (χ1v) is 14.1. The predicted octanol–water partition coefficient (Wildman–Crippen LogP) is 8.00. The van der Waals surface area contributed by atoms with Crippen LogP contribution >= 0.6 is 46.3 Å². The van der Waals surface area contributed by atoms with Gasteiger partial charge in [-0.15, -0.1) is 11.8 Å². The Kier molecular flexibility index (Phi) is 6.87. The van der Waals surface area contributed by atoms with Gasteiger partial charge in [0.2, 0.25) is 5.13 Å². The van der Waals surface area contributed by atoms with Gasteiger partial charge in [0.1, 0.15) is 5.82 Å². The van der Waals surface area contributed by atoms with Gasteiger partial charge in [0.15, 0.2) is 0 Å². The van der Waals surface area contributed by atoms with E-state index in [9.17, 15) is 0 Å². The van der Waals surface area contributed by atoms with Crippen molar-refractivity contribution < 1.29 is 0 Å². The highest BCUT2D eigenvalue weighted by atomic mass is 35.5. The molecule has 0 amide bonds. The molecule has 1 aromatic carbocycles. The first-order chi connectivity index (χ1) is 16.7. The lowest BCUT2D eigenvalue weighted by molar-refractivity contribution is 0.609. The summed E-state index contributed by atoms with van der Waals surface area (Å²) < 4.78 is 3.11. The van der Waals surface area contributed by atoms with E-state index in [-0.39, 0.29) is 0 Å². The molecule has 0 atom stereocenters. The smallest absolute Gasteiger partial charge is 0.212 e. The molecule has 182 valence electrons. The molecule has 1 aliphatic heterocycles. The molecule has 35 heavy (non-hydrogen) atoms. The summed E-state index contributed by atoms with van der Waals surface area (Å²) in [6.07, 6.45) is 1.23. The van der Waals surface area contributed by atoms with Crippen LogP contribution in [0.1, 0.15) is 37.4 Å². The van der Waals surface area contributed by atoms with Crippen molar-refractivity contribution in [3.8, 4) is 27.5 Å². The Bertz CT molecular complexity index is 1410. The van der Waals surface area contributed by atoms with Gasteiger partial charge in [-0.1, -0.05) is 54.5 Å². The number of pyridine rings is 1. The maximum Gasteiger partial charge on any atom is 0.212 e. The maximum absolute atomic E-state index is 6.34. The molecule has 0 saturated carbocycles. The van der Waals surface area contributed by atoms with E-state index in [1.807, 2.05) is 22.9 Å². The normalized spacial score (nSPS) is 13.5. The van der Waals surface area contributed by atoms with Gasteiger partial charge in [0.25, 0.3) is 0 Å². The second-order valence-corrected chi connectivity index (χ2v) is 12.7. The number of nitrogens with zero attached hydrogens (tertiary/aromatic N) is 5. The summed E-state index contributed by atoms with van der Waals surface area (Å²) in [4.78, 5) is 12.1. The summed E-state index contributed by atoms with van der Waals surface area (Å²) in [5.74, 6) is 1.05. The molecule has 0 aliphatic carbocycles. The number of hydrogen-bond donors (Lipinski definition) is 0. The lowest BCUT2D eigenvalue weighted by Crippen LogP contribution is -2.37. The van der Waals surface area contributed by atoms with E-state index in [1.54, 1.807) is 23.1 Å². The van der Waals surface area contributed by atoms with Crippen LogP contribution in [0.25, 0.3) is 27.5 Å². The van der Waals surface area contributed by atoms with E-state index in [4.69, 9.17) is 38.3 Å². The fourth-order valence-corrected chi connectivity index (χ4v) is 7.08. The molecule has 0 unspecified atom stereocenters. The van der Waals surface area contributed by atoms with Crippen LogP contribution in [-0.4, -0.2) is 38.1 Å². The number of thioether (sulfide) groups is 1. The van der Waals surface area contributed by atoms with Crippen molar-refractivity contribution >= 4 is 52.1 Å².